The molecular weight excluding hydrogens is 210 g/mol. The van der Waals surface area contributed by atoms with Gasteiger partial charge in [0.1, 0.15) is 11.5 Å². The van der Waals surface area contributed by atoms with Gasteiger partial charge in [0.25, 0.3) is 0 Å². The lowest BCUT2D eigenvalue weighted by molar-refractivity contribution is 0.524. The van der Waals surface area contributed by atoms with Gasteiger partial charge in [-0.1, -0.05) is 23.7 Å². The molecule has 1 aromatic heterocycles. The van der Waals surface area contributed by atoms with Crippen molar-refractivity contribution < 1.29 is 4.42 Å². The molecule has 0 aliphatic heterocycles. The first-order valence-corrected chi connectivity index (χ1v) is 5.23. The van der Waals surface area contributed by atoms with Crippen molar-refractivity contribution >= 4 is 11.6 Å². The van der Waals surface area contributed by atoms with Crippen LogP contribution in [0.3, 0.4) is 0 Å². The van der Waals surface area contributed by atoms with Gasteiger partial charge >= 0.3 is 0 Å². The molecule has 0 saturated heterocycles. The van der Waals surface area contributed by atoms with E-state index in [2.05, 4.69) is 0 Å². The van der Waals surface area contributed by atoms with Crippen molar-refractivity contribution in [3.05, 3.63) is 47.2 Å². The maximum atomic E-state index is 6.06. The summed E-state index contributed by atoms with van der Waals surface area (Å²) in [5, 5.41) is 0.700. The summed E-state index contributed by atoms with van der Waals surface area (Å²) in [4.78, 5) is 0. The first kappa shape index (κ1) is 10.3. The molecular formula is C12H12ClNO. The number of hydrogen-bond acceptors (Lipinski definition) is 2. The second kappa shape index (κ2) is 4.51. The second-order valence-corrected chi connectivity index (χ2v) is 3.69. The maximum absolute atomic E-state index is 6.06. The lowest BCUT2D eigenvalue weighted by Crippen LogP contribution is -2.01. The van der Waals surface area contributed by atoms with E-state index in [9.17, 15) is 0 Å². The average Bonchev–Trinajstić information content (AvgIpc) is 2.68. The zero-order valence-electron chi connectivity index (χ0n) is 8.24. The minimum absolute atomic E-state index is 0.593. The molecule has 0 amide bonds. The second-order valence-electron chi connectivity index (χ2n) is 3.28. The van der Waals surface area contributed by atoms with Gasteiger partial charge in [-0.15, -0.1) is 0 Å². The smallest absolute Gasteiger partial charge is 0.135 e. The molecule has 2 N–H and O–H groups in total. The Morgan fingerprint density at radius 2 is 1.93 bits per heavy atom. The third kappa shape index (κ3) is 2.22. The normalized spacial score (nSPS) is 10.5. The standard InChI is InChI=1S/C12H12ClNO/c13-11-4-2-1-3-10(11)12-6-5-9(15-12)7-8-14/h1-6H,7-8,14H2. The van der Waals surface area contributed by atoms with Crippen LogP contribution in [0.4, 0.5) is 0 Å². The van der Waals surface area contributed by atoms with E-state index in [0.717, 1.165) is 23.5 Å². The van der Waals surface area contributed by atoms with Gasteiger partial charge in [0, 0.05) is 12.0 Å². The van der Waals surface area contributed by atoms with Crippen LogP contribution in [-0.2, 0) is 6.42 Å². The Morgan fingerprint density at radius 1 is 1.13 bits per heavy atom. The molecule has 3 heteroatoms. The van der Waals surface area contributed by atoms with Crippen molar-refractivity contribution in [2.45, 2.75) is 6.42 Å². The largest absolute Gasteiger partial charge is 0.461 e. The topological polar surface area (TPSA) is 39.2 Å². The Morgan fingerprint density at radius 3 is 2.67 bits per heavy atom. The highest BCUT2D eigenvalue weighted by atomic mass is 35.5. The summed E-state index contributed by atoms with van der Waals surface area (Å²) in [5.74, 6) is 1.69. The summed E-state index contributed by atoms with van der Waals surface area (Å²) in [5.41, 5.74) is 6.37. The third-order valence-corrected chi connectivity index (χ3v) is 2.52. The Labute approximate surface area is 93.7 Å². The van der Waals surface area contributed by atoms with E-state index in [4.69, 9.17) is 21.8 Å². The fourth-order valence-electron chi connectivity index (χ4n) is 1.46. The van der Waals surface area contributed by atoms with Gasteiger partial charge in [0.05, 0.1) is 5.02 Å². The first-order chi connectivity index (χ1) is 7.31. The van der Waals surface area contributed by atoms with Crippen LogP contribution in [0.5, 0.6) is 0 Å². The molecule has 0 bridgehead atoms. The van der Waals surface area contributed by atoms with E-state index in [1.165, 1.54) is 0 Å². The lowest BCUT2D eigenvalue weighted by Gasteiger charge is -1.99. The molecule has 0 fully saturated rings. The molecule has 0 spiro atoms. The lowest BCUT2D eigenvalue weighted by atomic mass is 10.2. The van der Waals surface area contributed by atoms with E-state index in [1.54, 1.807) is 0 Å². The summed E-state index contributed by atoms with van der Waals surface area (Å²) in [6, 6.07) is 11.5. The Hall–Kier alpha value is -1.25. The first-order valence-electron chi connectivity index (χ1n) is 4.85. The molecule has 0 radical (unpaired) electrons. The molecule has 2 rings (SSSR count). The van der Waals surface area contributed by atoms with E-state index in [0.29, 0.717) is 11.6 Å². The number of nitrogens with two attached hydrogens (primary N) is 1. The van der Waals surface area contributed by atoms with Crippen LogP contribution in [0.1, 0.15) is 5.76 Å². The average molecular weight is 222 g/mol. The quantitative estimate of drug-likeness (QED) is 0.865. The Bertz CT molecular complexity index is 450. The molecule has 0 atom stereocenters. The van der Waals surface area contributed by atoms with E-state index >= 15 is 0 Å². The Kier molecular flexibility index (Phi) is 3.09. The highest BCUT2D eigenvalue weighted by Gasteiger charge is 2.07. The van der Waals surface area contributed by atoms with E-state index in [1.807, 2.05) is 36.4 Å². The molecule has 0 aliphatic rings. The summed E-state index contributed by atoms with van der Waals surface area (Å²) in [6.45, 7) is 0.593. The fourth-order valence-corrected chi connectivity index (χ4v) is 1.69. The molecule has 2 aromatic rings. The molecule has 78 valence electrons. The van der Waals surface area contributed by atoms with Gasteiger partial charge in [-0.05, 0) is 30.8 Å². The maximum Gasteiger partial charge on any atom is 0.135 e. The highest BCUT2D eigenvalue weighted by Crippen LogP contribution is 2.28. The van der Waals surface area contributed by atoms with E-state index < -0.39 is 0 Å². The summed E-state index contributed by atoms with van der Waals surface area (Å²) in [7, 11) is 0. The van der Waals surface area contributed by atoms with Crippen molar-refractivity contribution in [1.82, 2.24) is 0 Å². The highest BCUT2D eigenvalue weighted by molar-refractivity contribution is 6.33. The molecule has 1 aromatic carbocycles. The van der Waals surface area contributed by atoms with Gasteiger partial charge in [-0.2, -0.15) is 0 Å². The molecule has 0 aliphatic carbocycles. The number of furan rings is 1. The minimum atomic E-state index is 0.593. The molecule has 0 saturated carbocycles. The molecule has 0 unspecified atom stereocenters. The summed E-state index contributed by atoms with van der Waals surface area (Å²) in [6.07, 6.45) is 0.754. The van der Waals surface area contributed by atoms with Crippen molar-refractivity contribution in [1.29, 1.82) is 0 Å². The SMILES string of the molecule is NCCc1ccc(-c2ccccc2Cl)o1. The molecule has 1 heterocycles. The van der Waals surface area contributed by atoms with Crippen LogP contribution >= 0.6 is 11.6 Å². The number of benzene rings is 1. The number of halogens is 1. The van der Waals surface area contributed by atoms with Gasteiger partial charge < -0.3 is 10.2 Å². The van der Waals surface area contributed by atoms with Gasteiger partial charge in [0.2, 0.25) is 0 Å². The zero-order chi connectivity index (χ0) is 10.7. The van der Waals surface area contributed by atoms with Crippen LogP contribution in [0.2, 0.25) is 5.02 Å². The number of hydrogen-bond donors (Lipinski definition) is 1. The zero-order valence-corrected chi connectivity index (χ0v) is 9.00. The van der Waals surface area contributed by atoms with Crippen LogP contribution in [-0.4, -0.2) is 6.54 Å². The summed E-state index contributed by atoms with van der Waals surface area (Å²) >= 11 is 6.06. The van der Waals surface area contributed by atoms with Crippen LogP contribution in [0, 0.1) is 0 Å². The number of rotatable bonds is 3. The van der Waals surface area contributed by atoms with Gasteiger partial charge in [-0.3, -0.25) is 0 Å². The molecule has 15 heavy (non-hydrogen) atoms. The summed E-state index contributed by atoms with van der Waals surface area (Å²) < 4.78 is 5.63. The van der Waals surface area contributed by atoms with Crippen molar-refractivity contribution in [2.24, 2.45) is 5.73 Å². The van der Waals surface area contributed by atoms with Crippen LogP contribution < -0.4 is 5.73 Å². The predicted octanol–water partition coefficient (Wildman–Crippen LogP) is 3.10. The van der Waals surface area contributed by atoms with Gasteiger partial charge in [0.15, 0.2) is 0 Å². The van der Waals surface area contributed by atoms with Crippen molar-refractivity contribution in [2.75, 3.05) is 6.54 Å². The van der Waals surface area contributed by atoms with Crippen LogP contribution in [0.15, 0.2) is 40.8 Å². The van der Waals surface area contributed by atoms with Gasteiger partial charge in [-0.25, -0.2) is 0 Å². The third-order valence-electron chi connectivity index (χ3n) is 2.19. The van der Waals surface area contributed by atoms with Crippen molar-refractivity contribution in [3.8, 4) is 11.3 Å². The van der Waals surface area contributed by atoms with Crippen molar-refractivity contribution in [3.63, 3.8) is 0 Å². The van der Waals surface area contributed by atoms with E-state index in [-0.39, 0.29) is 0 Å². The fraction of sp³-hybridized carbons (Fsp3) is 0.167. The molecule has 2 nitrogen and oxygen atoms in total. The van der Waals surface area contributed by atoms with Crippen LogP contribution in [0.25, 0.3) is 11.3 Å². The monoisotopic (exact) mass is 221 g/mol. The Balaban J connectivity index is 2.33. The minimum Gasteiger partial charge on any atom is -0.461 e. The predicted molar refractivity (Wildman–Crippen MR) is 61.9 cm³/mol.